The maximum Gasteiger partial charge on any atom is 0.0540 e. The number of nitrogens with zero attached hydrogens (tertiary/aromatic N) is 1. The van der Waals surface area contributed by atoms with Crippen LogP contribution in [0.2, 0.25) is 0 Å². The average Bonchev–Trinajstić information content (AvgIpc) is 2.27. The van der Waals surface area contributed by atoms with Crippen molar-refractivity contribution < 1.29 is 0 Å². The fourth-order valence-corrected chi connectivity index (χ4v) is 1.35. The molecule has 0 radical (unpaired) electrons. The second-order valence-corrected chi connectivity index (χ2v) is 5.13. The first-order valence-electron chi connectivity index (χ1n) is 4.56. The molecule has 0 aliphatic carbocycles. The number of aromatic amines is 1. The molecule has 13 heavy (non-hydrogen) atoms. The van der Waals surface area contributed by atoms with Gasteiger partial charge in [0, 0.05) is 22.2 Å². The maximum atomic E-state index is 6.04. The number of aromatic nitrogens is 2. The summed E-state index contributed by atoms with van der Waals surface area (Å²) in [7, 11) is 0. The summed E-state index contributed by atoms with van der Waals surface area (Å²) in [6.07, 6.45) is 1.82. The highest BCUT2D eigenvalue weighted by molar-refractivity contribution is 5.29. The van der Waals surface area contributed by atoms with Gasteiger partial charge in [0.25, 0.3) is 0 Å². The van der Waals surface area contributed by atoms with E-state index in [1.807, 2.05) is 20.0 Å². The molecule has 0 atom stereocenters. The molecule has 1 aromatic heterocycles. The number of rotatable bonds is 1. The zero-order valence-corrected chi connectivity index (χ0v) is 9.10. The molecule has 3 N–H and O–H groups in total. The Hall–Kier alpha value is -0.830. The molecule has 0 saturated heterocycles. The van der Waals surface area contributed by atoms with E-state index < -0.39 is 0 Å². The molecule has 74 valence electrons. The Morgan fingerprint density at radius 2 is 1.77 bits per heavy atom. The van der Waals surface area contributed by atoms with E-state index in [-0.39, 0.29) is 11.0 Å². The van der Waals surface area contributed by atoms with Crippen molar-refractivity contribution in [2.75, 3.05) is 0 Å². The molecule has 0 bridgehead atoms. The van der Waals surface area contributed by atoms with Crippen LogP contribution in [0.5, 0.6) is 0 Å². The summed E-state index contributed by atoms with van der Waals surface area (Å²) >= 11 is 0. The Morgan fingerprint density at radius 3 is 2.08 bits per heavy atom. The first-order chi connectivity index (χ1) is 5.73. The van der Waals surface area contributed by atoms with Crippen LogP contribution in [0.4, 0.5) is 0 Å². The number of nitrogens with one attached hydrogen (secondary N) is 1. The standard InChI is InChI=1S/C10H19N3/c1-9(2,3)8-7(6-12-13-8)10(4,5)11/h6H,11H2,1-5H3,(H,12,13). The lowest BCUT2D eigenvalue weighted by Crippen LogP contribution is -2.31. The van der Waals surface area contributed by atoms with Gasteiger partial charge in [-0.3, -0.25) is 5.10 Å². The van der Waals surface area contributed by atoms with Gasteiger partial charge >= 0.3 is 0 Å². The zero-order valence-electron chi connectivity index (χ0n) is 9.10. The maximum absolute atomic E-state index is 6.04. The molecule has 0 aliphatic rings. The SMILES string of the molecule is CC(C)(C)c1[nH]ncc1C(C)(C)N. The van der Waals surface area contributed by atoms with E-state index in [0.29, 0.717) is 0 Å². The van der Waals surface area contributed by atoms with Crippen molar-refractivity contribution in [3.8, 4) is 0 Å². The molecule has 1 heterocycles. The minimum atomic E-state index is -0.324. The minimum Gasteiger partial charge on any atom is -0.322 e. The molecule has 0 aliphatic heterocycles. The van der Waals surface area contributed by atoms with Crippen LogP contribution in [0.15, 0.2) is 6.20 Å². The first-order valence-corrected chi connectivity index (χ1v) is 4.56. The fraction of sp³-hybridized carbons (Fsp3) is 0.700. The molecule has 3 nitrogen and oxygen atoms in total. The summed E-state index contributed by atoms with van der Waals surface area (Å²) in [5.74, 6) is 0. The lowest BCUT2D eigenvalue weighted by atomic mass is 9.84. The summed E-state index contributed by atoms with van der Waals surface area (Å²) < 4.78 is 0. The van der Waals surface area contributed by atoms with E-state index in [1.54, 1.807) is 0 Å². The van der Waals surface area contributed by atoms with E-state index in [0.717, 1.165) is 11.3 Å². The molecule has 0 fully saturated rings. The van der Waals surface area contributed by atoms with Crippen molar-refractivity contribution in [2.45, 2.75) is 45.6 Å². The fourth-order valence-electron chi connectivity index (χ4n) is 1.35. The van der Waals surface area contributed by atoms with E-state index in [9.17, 15) is 0 Å². The van der Waals surface area contributed by atoms with E-state index >= 15 is 0 Å². The first kappa shape index (κ1) is 10.3. The summed E-state index contributed by atoms with van der Waals surface area (Å²) in [5, 5.41) is 7.07. The normalized spacial score (nSPS) is 13.4. The molecular formula is C10H19N3. The van der Waals surface area contributed by atoms with Gasteiger partial charge in [0.15, 0.2) is 0 Å². The third-order valence-corrected chi connectivity index (χ3v) is 2.08. The molecule has 0 aromatic carbocycles. The van der Waals surface area contributed by atoms with E-state index in [4.69, 9.17) is 5.73 Å². The highest BCUT2D eigenvalue weighted by atomic mass is 15.1. The monoisotopic (exact) mass is 181 g/mol. The Morgan fingerprint density at radius 1 is 1.23 bits per heavy atom. The Labute approximate surface area is 79.7 Å². The quantitative estimate of drug-likeness (QED) is 0.695. The van der Waals surface area contributed by atoms with Crippen molar-refractivity contribution in [3.63, 3.8) is 0 Å². The Kier molecular flexibility index (Phi) is 2.24. The van der Waals surface area contributed by atoms with Gasteiger partial charge in [-0.05, 0) is 13.8 Å². The van der Waals surface area contributed by atoms with Crippen molar-refractivity contribution in [1.82, 2.24) is 10.2 Å². The van der Waals surface area contributed by atoms with E-state index in [2.05, 4.69) is 31.0 Å². The largest absolute Gasteiger partial charge is 0.322 e. The molecular weight excluding hydrogens is 162 g/mol. The van der Waals surface area contributed by atoms with Gasteiger partial charge in [0.1, 0.15) is 0 Å². The molecule has 0 saturated carbocycles. The number of H-pyrrole nitrogens is 1. The van der Waals surface area contributed by atoms with Crippen LogP contribution in [-0.2, 0) is 11.0 Å². The summed E-state index contributed by atoms with van der Waals surface area (Å²) in [6, 6.07) is 0. The van der Waals surface area contributed by atoms with Gasteiger partial charge < -0.3 is 5.73 Å². The van der Waals surface area contributed by atoms with Crippen molar-refractivity contribution >= 4 is 0 Å². The predicted octanol–water partition coefficient (Wildman–Crippen LogP) is 1.90. The summed E-state index contributed by atoms with van der Waals surface area (Å²) in [6.45, 7) is 10.4. The zero-order chi connectivity index (χ0) is 10.3. The second-order valence-electron chi connectivity index (χ2n) is 5.13. The average molecular weight is 181 g/mol. The number of nitrogens with two attached hydrogens (primary N) is 1. The van der Waals surface area contributed by atoms with Crippen LogP contribution >= 0.6 is 0 Å². The molecule has 0 amide bonds. The van der Waals surface area contributed by atoms with Gasteiger partial charge in [-0.2, -0.15) is 5.10 Å². The van der Waals surface area contributed by atoms with Crippen LogP contribution in [0.1, 0.15) is 45.9 Å². The smallest absolute Gasteiger partial charge is 0.0540 e. The van der Waals surface area contributed by atoms with Crippen LogP contribution in [0.3, 0.4) is 0 Å². The number of hydrogen-bond donors (Lipinski definition) is 2. The molecule has 1 rings (SSSR count). The molecule has 1 aromatic rings. The Balaban J connectivity index is 3.19. The lowest BCUT2D eigenvalue weighted by Gasteiger charge is -2.25. The van der Waals surface area contributed by atoms with Crippen molar-refractivity contribution in [1.29, 1.82) is 0 Å². The van der Waals surface area contributed by atoms with Gasteiger partial charge in [0.2, 0.25) is 0 Å². The van der Waals surface area contributed by atoms with Crippen LogP contribution < -0.4 is 5.73 Å². The van der Waals surface area contributed by atoms with Gasteiger partial charge in [-0.1, -0.05) is 20.8 Å². The third-order valence-electron chi connectivity index (χ3n) is 2.08. The summed E-state index contributed by atoms with van der Waals surface area (Å²) in [5.41, 5.74) is 8.01. The summed E-state index contributed by atoms with van der Waals surface area (Å²) in [4.78, 5) is 0. The second kappa shape index (κ2) is 2.84. The lowest BCUT2D eigenvalue weighted by molar-refractivity contribution is 0.504. The molecule has 3 heteroatoms. The minimum absolute atomic E-state index is 0.0719. The number of hydrogen-bond acceptors (Lipinski definition) is 2. The van der Waals surface area contributed by atoms with Gasteiger partial charge in [-0.15, -0.1) is 0 Å². The van der Waals surface area contributed by atoms with Crippen molar-refractivity contribution in [3.05, 3.63) is 17.5 Å². The van der Waals surface area contributed by atoms with Crippen LogP contribution in [0.25, 0.3) is 0 Å². The van der Waals surface area contributed by atoms with Crippen LogP contribution in [0, 0.1) is 0 Å². The van der Waals surface area contributed by atoms with E-state index in [1.165, 1.54) is 0 Å². The molecule has 0 spiro atoms. The predicted molar refractivity (Wildman–Crippen MR) is 54.5 cm³/mol. The third kappa shape index (κ3) is 2.10. The van der Waals surface area contributed by atoms with Crippen LogP contribution in [-0.4, -0.2) is 10.2 Å². The molecule has 0 unspecified atom stereocenters. The highest BCUT2D eigenvalue weighted by Gasteiger charge is 2.26. The Bertz CT molecular complexity index is 257. The van der Waals surface area contributed by atoms with Gasteiger partial charge in [0.05, 0.1) is 6.20 Å². The topological polar surface area (TPSA) is 54.7 Å². The van der Waals surface area contributed by atoms with Gasteiger partial charge in [-0.25, -0.2) is 0 Å². The van der Waals surface area contributed by atoms with Crippen molar-refractivity contribution in [2.24, 2.45) is 5.73 Å². The highest BCUT2D eigenvalue weighted by Crippen LogP contribution is 2.28.